The van der Waals surface area contributed by atoms with Gasteiger partial charge in [-0.15, -0.1) is 0 Å². The van der Waals surface area contributed by atoms with E-state index in [1.165, 1.54) is 154 Å². The van der Waals surface area contributed by atoms with Crippen molar-refractivity contribution in [2.45, 2.75) is 325 Å². The summed E-state index contributed by atoms with van der Waals surface area (Å²) in [5.74, 6) is -0.266. The first-order valence-corrected chi connectivity index (χ1v) is 32.0. The first-order valence-electron chi connectivity index (χ1n) is 32.0. The average Bonchev–Trinajstić information content (AvgIpc) is 3.47. The quantitative estimate of drug-likeness (QED) is 0.0204. The highest BCUT2D eigenvalue weighted by atomic mass is 16.7. The molecule has 2 heterocycles. The number of nitrogens with one attached hydrogen (secondary N) is 1. The minimum Gasteiger partial charge on any atom is -0.394 e. The molecule has 2 rings (SSSR count). The molecule has 2 fully saturated rings. The van der Waals surface area contributed by atoms with Crippen LogP contribution in [-0.2, 0) is 23.7 Å². The SMILES string of the molecule is CC/C=C\C/C=C\C/C=C\CCCCCCCC(=O)NC(COC1OC(CO)C(OC2OC(CO)C(O)C(O)C2O)C(O)C1O)C(O)/C=C/CC/C=C/CCCCCCCCCCCCCCCCCCCCCCCCCC. The molecule has 0 aliphatic carbocycles. The molecule has 79 heavy (non-hydrogen) atoms. The van der Waals surface area contributed by atoms with Crippen LogP contribution in [-0.4, -0.2) is 140 Å². The average molecular weight is 1120 g/mol. The number of hydrogen-bond donors (Lipinski definition) is 9. The van der Waals surface area contributed by atoms with Crippen molar-refractivity contribution in [2.75, 3.05) is 19.8 Å². The van der Waals surface area contributed by atoms with Crippen LogP contribution in [0.2, 0.25) is 0 Å². The zero-order valence-corrected chi connectivity index (χ0v) is 49.6. The van der Waals surface area contributed by atoms with Crippen LogP contribution in [0.1, 0.15) is 251 Å². The number of rotatable bonds is 51. The Morgan fingerprint density at radius 1 is 0.468 bits per heavy atom. The van der Waals surface area contributed by atoms with E-state index in [4.69, 9.17) is 18.9 Å². The molecule has 0 aromatic carbocycles. The molecule has 12 unspecified atom stereocenters. The van der Waals surface area contributed by atoms with E-state index in [2.05, 4.69) is 67.8 Å². The Hall–Kier alpha value is -2.31. The molecule has 0 spiro atoms. The van der Waals surface area contributed by atoms with Crippen molar-refractivity contribution < 1.29 is 64.6 Å². The fraction of sp³-hybridized carbons (Fsp3) is 0.831. The van der Waals surface area contributed by atoms with Crippen LogP contribution in [0.3, 0.4) is 0 Å². The van der Waals surface area contributed by atoms with Gasteiger partial charge < -0.3 is 65.1 Å². The van der Waals surface area contributed by atoms with E-state index >= 15 is 0 Å². The molecule has 0 radical (unpaired) electrons. The second-order valence-electron chi connectivity index (χ2n) is 22.5. The zero-order valence-electron chi connectivity index (χ0n) is 49.6. The van der Waals surface area contributed by atoms with Gasteiger partial charge >= 0.3 is 0 Å². The monoisotopic (exact) mass is 1120 g/mol. The highest BCUT2D eigenvalue weighted by Gasteiger charge is 2.51. The summed E-state index contributed by atoms with van der Waals surface area (Å²) in [5.41, 5.74) is 0. The Morgan fingerprint density at radius 3 is 1.39 bits per heavy atom. The molecule has 0 aromatic rings. The van der Waals surface area contributed by atoms with Gasteiger partial charge in [0, 0.05) is 6.42 Å². The van der Waals surface area contributed by atoms with E-state index in [1.807, 2.05) is 6.08 Å². The molecule has 2 aliphatic rings. The molecule has 0 aromatic heterocycles. The summed E-state index contributed by atoms with van der Waals surface area (Å²) >= 11 is 0. The van der Waals surface area contributed by atoms with Crippen LogP contribution in [0.25, 0.3) is 0 Å². The molecule has 0 bridgehead atoms. The number of carbonyl (C=O) groups excluding carboxylic acids is 1. The number of allylic oxidation sites excluding steroid dienone is 9. The Labute approximate surface area is 479 Å². The Kier molecular flexibility index (Phi) is 46.3. The first-order chi connectivity index (χ1) is 38.6. The van der Waals surface area contributed by atoms with Gasteiger partial charge in [0.05, 0.1) is 32.0 Å². The number of carbonyl (C=O) groups is 1. The van der Waals surface area contributed by atoms with Crippen LogP contribution < -0.4 is 5.32 Å². The second kappa shape index (κ2) is 50.2. The lowest BCUT2D eigenvalue weighted by Gasteiger charge is -2.46. The lowest BCUT2D eigenvalue weighted by molar-refractivity contribution is -0.359. The number of unbranched alkanes of at least 4 members (excludes halogenated alkanes) is 30. The molecule has 1 amide bonds. The van der Waals surface area contributed by atoms with Crippen molar-refractivity contribution in [3.63, 3.8) is 0 Å². The summed E-state index contributed by atoms with van der Waals surface area (Å²) in [4.78, 5) is 13.2. The number of hydrogen-bond acceptors (Lipinski definition) is 13. The maximum absolute atomic E-state index is 13.2. The highest BCUT2D eigenvalue weighted by Crippen LogP contribution is 2.30. The van der Waals surface area contributed by atoms with E-state index in [-0.39, 0.29) is 18.9 Å². The molecule has 2 saturated heterocycles. The molecule has 460 valence electrons. The van der Waals surface area contributed by atoms with Gasteiger partial charge in [0.1, 0.15) is 48.8 Å². The molecule has 9 N–H and O–H groups in total. The van der Waals surface area contributed by atoms with E-state index in [1.54, 1.807) is 6.08 Å². The Bertz CT molecular complexity index is 1560. The van der Waals surface area contributed by atoms with Crippen molar-refractivity contribution in [1.82, 2.24) is 5.32 Å². The summed E-state index contributed by atoms with van der Waals surface area (Å²) in [6.07, 6.45) is 48.6. The van der Waals surface area contributed by atoms with Gasteiger partial charge in [0.25, 0.3) is 0 Å². The van der Waals surface area contributed by atoms with Gasteiger partial charge in [-0.25, -0.2) is 0 Å². The minimum absolute atomic E-state index is 0.252. The van der Waals surface area contributed by atoms with Gasteiger partial charge in [-0.05, 0) is 64.2 Å². The third-order valence-electron chi connectivity index (χ3n) is 15.4. The van der Waals surface area contributed by atoms with Crippen molar-refractivity contribution >= 4 is 5.91 Å². The number of aliphatic hydroxyl groups is 8. The predicted molar refractivity (Wildman–Crippen MR) is 318 cm³/mol. The minimum atomic E-state index is -1.79. The fourth-order valence-electron chi connectivity index (χ4n) is 10.3. The van der Waals surface area contributed by atoms with Gasteiger partial charge in [-0.1, -0.05) is 242 Å². The molecule has 14 nitrogen and oxygen atoms in total. The molecular weight excluding hydrogens is 1000 g/mol. The third kappa shape index (κ3) is 35.4. The topological polar surface area (TPSA) is 228 Å². The van der Waals surface area contributed by atoms with Crippen LogP contribution in [0.15, 0.2) is 60.8 Å². The third-order valence-corrected chi connectivity index (χ3v) is 15.4. The molecule has 2 aliphatic heterocycles. The largest absolute Gasteiger partial charge is 0.394 e. The molecular formula is C65H117NO13. The second-order valence-corrected chi connectivity index (χ2v) is 22.5. The van der Waals surface area contributed by atoms with Gasteiger partial charge in [-0.3, -0.25) is 4.79 Å². The predicted octanol–water partition coefficient (Wildman–Crippen LogP) is 11.7. The van der Waals surface area contributed by atoms with Crippen molar-refractivity contribution in [3.05, 3.63) is 60.8 Å². The van der Waals surface area contributed by atoms with E-state index in [0.717, 1.165) is 64.2 Å². The molecule has 14 heteroatoms. The number of amides is 1. The number of ether oxygens (including phenoxy) is 4. The molecule has 0 saturated carbocycles. The van der Waals surface area contributed by atoms with E-state index in [0.29, 0.717) is 12.8 Å². The summed E-state index contributed by atoms with van der Waals surface area (Å²) in [6.45, 7) is 2.67. The fourth-order valence-corrected chi connectivity index (χ4v) is 10.3. The van der Waals surface area contributed by atoms with Crippen molar-refractivity contribution in [2.24, 2.45) is 0 Å². The van der Waals surface area contributed by atoms with Crippen LogP contribution in [0, 0.1) is 0 Å². The zero-order chi connectivity index (χ0) is 57.4. The smallest absolute Gasteiger partial charge is 0.220 e. The maximum Gasteiger partial charge on any atom is 0.220 e. The summed E-state index contributed by atoms with van der Waals surface area (Å²) in [5, 5.41) is 87.1. The van der Waals surface area contributed by atoms with Crippen LogP contribution in [0.5, 0.6) is 0 Å². The van der Waals surface area contributed by atoms with Crippen LogP contribution >= 0.6 is 0 Å². The van der Waals surface area contributed by atoms with Gasteiger partial charge in [-0.2, -0.15) is 0 Å². The summed E-state index contributed by atoms with van der Waals surface area (Å²) < 4.78 is 22.8. The van der Waals surface area contributed by atoms with Crippen molar-refractivity contribution in [3.8, 4) is 0 Å². The molecule has 12 atom stereocenters. The van der Waals surface area contributed by atoms with E-state index < -0.39 is 86.8 Å². The standard InChI is InChI=1S/C65H117NO13/c1-3-5-7-9-11-13-15-17-19-20-21-22-23-24-25-26-27-28-29-30-31-32-33-35-36-38-40-42-44-46-48-54(69)53(66-57(70)49-47-45-43-41-39-37-34-18-16-14-12-10-8-6-4-2)52-76-64-62(75)60(73)63(56(51-68)78-64)79-65-61(74)59(72)58(71)55(50-67)77-65/h6,8,12,14,18,34,38,40,46,48,53-56,58-65,67-69,71-75H,3-5,7,9-11,13,15-17,19-33,35-37,39,41-45,47,49-52H2,1-2H3,(H,66,70)/b8-6-,14-12-,34-18-,40-38+,48-46+. The normalized spacial score (nSPS) is 24.8. The summed E-state index contributed by atoms with van der Waals surface area (Å²) in [7, 11) is 0. The van der Waals surface area contributed by atoms with Gasteiger partial charge in [0.15, 0.2) is 12.6 Å². The maximum atomic E-state index is 13.2. The van der Waals surface area contributed by atoms with Crippen LogP contribution in [0.4, 0.5) is 0 Å². The lowest BCUT2D eigenvalue weighted by atomic mass is 9.97. The highest BCUT2D eigenvalue weighted by molar-refractivity contribution is 5.76. The Morgan fingerprint density at radius 2 is 0.886 bits per heavy atom. The number of aliphatic hydroxyl groups excluding tert-OH is 8. The van der Waals surface area contributed by atoms with E-state index in [9.17, 15) is 45.6 Å². The van der Waals surface area contributed by atoms with Crippen molar-refractivity contribution in [1.29, 1.82) is 0 Å². The summed E-state index contributed by atoms with van der Waals surface area (Å²) in [6, 6.07) is -0.944. The first kappa shape index (κ1) is 72.8. The lowest BCUT2D eigenvalue weighted by Crippen LogP contribution is -2.65. The van der Waals surface area contributed by atoms with Gasteiger partial charge in [0.2, 0.25) is 5.91 Å². The Balaban J connectivity index is 1.71.